The summed E-state index contributed by atoms with van der Waals surface area (Å²) in [5.41, 5.74) is 4.74. The summed E-state index contributed by atoms with van der Waals surface area (Å²) >= 11 is 0. The van der Waals surface area contributed by atoms with E-state index in [-0.39, 0.29) is 0 Å². The highest BCUT2D eigenvalue weighted by molar-refractivity contribution is 5.53. The average molecular weight is 241 g/mol. The standard InChI is InChI=1S/C16H19NO/c1-3-13-4-6-14(7-5-13)11-17-16-9-8-15(18)10-12(16)2/h4-10,17-18H,3,11H2,1-2H3. The molecule has 0 heterocycles. The van der Waals surface area contributed by atoms with Crippen LogP contribution in [0.5, 0.6) is 5.75 Å². The van der Waals surface area contributed by atoms with Gasteiger partial charge in [-0.2, -0.15) is 0 Å². The van der Waals surface area contributed by atoms with Gasteiger partial charge in [0.05, 0.1) is 0 Å². The van der Waals surface area contributed by atoms with Crippen molar-refractivity contribution in [1.82, 2.24) is 0 Å². The minimum Gasteiger partial charge on any atom is -0.508 e. The number of phenolic OH excluding ortho intramolecular Hbond substituents is 1. The van der Waals surface area contributed by atoms with Crippen LogP contribution in [0.2, 0.25) is 0 Å². The lowest BCUT2D eigenvalue weighted by atomic mass is 10.1. The smallest absolute Gasteiger partial charge is 0.115 e. The minimum absolute atomic E-state index is 0.311. The Hall–Kier alpha value is -1.96. The van der Waals surface area contributed by atoms with Gasteiger partial charge < -0.3 is 10.4 Å². The molecular formula is C16H19NO. The second kappa shape index (κ2) is 5.58. The van der Waals surface area contributed by atoms with Crippen LogP contribution in [-0.4, -0.2) is 5.11 Å². The summed E-state index contributed by atoms with van der Waals surface area (Å²) in [6.45, 7) is 4.95. The first-order valence-electron chi connectivity index (χ1n) is 6.30. The molecule has 2 N–H and O–H groups in total. The molecule has 0 amide bonds. The van der Waals surface area contributed by atoms with E-state index >= 15 is 0 Å². The minimum atomic E-state index is 0.311. The van der Waals surface area contributed by atoms with Gasteiger partial charge >= 0.3 is 0 Å². The Morgan fingerprint density at radius 3 is 2.28 bits per heavy atom. The molecule has 2 nitrogen and oxygen atoms in total. The van der Waals surface area contributed by atoms with Gasteiger partial charge in [0.15, 0.2) is 0 Å². The number of hydrogen-bond donors (Lipinski definition) is 2. The van der Waals surface area contributed by atoms with Crippen LogP contribution in [0.25, 0.3) is 0 Å². The van der Waals surface area contributed by atoms with Gasteiger partial charge in [-0.15, -0.1) is 0 Å². The summed E-state index contributed by atoms with van der Waals surface area (Å²) in [5.74, 6) is 0.311. The Kier molecular flexibility index (Phi) is 3.88. The second-order valence-electron chi connectivity index (χ2n) is 4.52. The molecule has 94 valence electrons. The first-order valence-corrected chi connectivity index (χ1v) is 6.30. The molecule has 0 atom stereocenters. The van der Waals surface area contributed by atoms with E-state index in [1.165, 1.54) is 11.1 Å². The molecule has 0 unspecified atom stereocenters. The largest absolute Gasteiger partial charge is 0.508 e. The molecule has 0 spiro atoms. The third-order valence-corrected chi connectivity index (χ3v) is 3.12. The van der Waals surface area contributed by atoms with Gasteiger partial charge in [0.2, 0.25) is 0 Å². The number of phenols is 1. The van der Waals surface area contributed by atoms with Gasteiger partial charge in [-0.3, -0.25) is 0 Å². The Morgan fingerprint density at radius 1 is 1.00 bits per heavy atom. The van der Waals surface area contributed by atoms with E-state index in [1.807, 2.05) is 13.0 Å². The lowest BCUT2D eigenvalue weighted by Crippen LogP contribution is -2.00. The van der Waals surface area contributed by atoms with Gasteiger partial charge in [0.25, 0.3) is 0 Å². The van der Waals surface area contributed by atoms with Crippen molar-refractivity contribution >= 4 is 5.69 Å². The monoisotopic (exact) mass is 241 g/mol. The Morgan fingerprint density at radius 2 is 1.67 bits per heavy atom. The summed E-state index contributed by atoms with van der Waals surface area (Å²) in [7, 11) is 0. The highest BCUT2D eigenvalue weighted by Crippen LogP contribution is 2.20. The first-order chi connectivity index (χ1) is 8.69. The molecule has 2 aromatic rings. The van der Waals surface area contributed by atoms with Crippen molar-refractivity contribution in [3.8, 4) is 5.75 Å². The number of benzene rings is 2. The lowest BCUT2D eigenvalue weighted by Gasteiger charge is -2.10. The first kappa shape index (κ1) is 12.5. The van der Waals surface area contributed by atoms with E-state index in [0.717, 1.165) is 24.2 Å². The van der Waals surface area contributed by atoms with Crippen LogP contribution >= 0.6 is 0 Å². The molecule has 2 heteroatoms. The normalized spacial score (nSPS) is 10.3. The third-order valence-electron chi connectivity index (χ3n) is 3.12. The van der Waals surface area contributed by atoms with Gasteiger partial charge in [0.1, 0.15) is 5.75 Å². The number of aromatic hydroxyl groups is 1. The van der Waals surface area contributed by atoms with E-state index in [0.29, 0.717) is 5.75 Å². The Bertz CT molecular complexity index is 517. The van der Waals surface area contributed by atoms with Crippen molar-refractivity contribution in [2.24, 2.45) is 0 Å². The molecule has 0 saturated heterocycles. The molecule has 0 fully saturated rings. The van der Waals surface area contributed by atoms with E-state index in [1.54, 1.807) is 12.1 Å². The quantitative estimate of drug-likeness (QED) is 0.796. The van der Waals surface area contributed by atoms with E-state index in [9.17, 15) is 5.11 Å². The van der Waals surface area contributed by atoms with Crippen molar-refractivity contribution in [3.05, 3.63) is 59.2 Å². The maximum absolute atomic E-state index is 9.35. The summed E-state index contributed by atoms with van der Waals surface area (Å²) < 4.78 is 0. The molecule has 0 aromatic heterocycles. The summed E-state index contributed by atoms with van der Waals surface area (Å²) in [6.07, 6.45) is 1.07. The zero-order valence-electron chi connectivity index (χ0n) is 10.9. The molecule has 2 rings (SSSR count). The van der Waals surface area contributed by atoms with Crippen molar-refractivity contribution < 1.29 is 5.11 Å². The Balaban J connectivity index is 2.02. The van der Waals surface area contributed by atoms with Gasteiger partial charge in [0, 0.05) is 12.2 Å². The highest BCUT2D eigenvalue weighted by Gasteiger charge is 1.99. The maximum Gasteiger partial charge on any atom is 0.115 e. The van der Waals surface area contributed by atoms with Crippen LogP contribution < -0.4 is 5.32 Å². The maximum atomic E-state index is 9.35. The number of rotatable bonds is 4. The zero-order valence-corrected chi connectivity index (χ0v) is 10.9. The fourth-order valence-electron chi connectivity index (χ4n) is 1.94. The van der Waals surface area contributed by atoms with Crippen LogP contribution in [0.1, 0.15) is 23.6 Å². The molecule has 0 saturated carbocycles. The SMILES string of the molecule is CCc1ccc(CNc2ccc(O)cc2C)cc1. The summed E-state index contributed by atoms with van der Waals surface area (Å²) in [5, 5.41) is 12.7. The van der Waals surface area contributed by atoms with Crippen molar-refractivity contribution in [3.63, 3.8) is 0 Å². The lowest BCUT2D eigenvalue weighted by molar-refractivity contribution is 0.475. The number of hydrogen-bond acceptors (Lipinski definition) is 2. The van der Waals surface area contributed by atoms with Crippen molar-refractivity contribution in [2.45, 2.75) is 26.8 Å². The van der Waals surface area contributed by atoms with Crippen LogP contribution in [-0.2, 0) is 13.0 Å². The van der Waals surface area contributed by atoms with Crippen LogP contribution in [0, 0.1) is 6.92 Å². The van der Waals surface area contributed by atoms with Crippen LogP contribution in [0.15, 0.2) is 42.5 Å². The van der Waals surface area contributed by atoms with Gasteiger partial charge in [-0.1, -0.05) is 31.2 Å². The van der Waals surface area contributed by atoms with Crippen molar-refractivity contribution in [2.75, 3.05) is 5.32 Å². The van der Waals surface area contributed by atoms with Crippen molar-refractivity contribution in [1.29, 1.82) is 0 Å². The number of nitrogens with one attached hydrogen (secondary N) is 1. The zero-order chi connectivity index (χ0) is 13.0. The van der Waals surface area contributed by atoms with Gasteiger partial charge in [-0.05, 0) is 48.2 Å². The molecule has 0 bridgehead atoms. The second-order valence-corrected chi connectivity index (χ2v) is 4.52. The number of aryl methyl sites for hydroxylation is 2. The van der Waals surface area contributed by atoms with E-state index < -0.39 is 0 Å². The van der Waals surface area contributed by atoms with Crippen LogP contribution in [0.3, 0.4) is 0 Å². The molecule has 0 aliphatic heterocycles. The average Bonchev–Trinajstić information content (AvgIpc) is 2.38. The molecule has 0 aliphatic rings. The molecular weight excluding hydrogens is 222 g/mol. The fraction of sp³-hybridized carbons (Fsp3) is 0.250. The molecule has 0 radical (unpaired) electrons. The van der Waals surface area contributed by atoms with E-state index in [4.69, 9.17) is 0 Å². The number of anilines is 1. The van der Waals surface area contributed by atoms with E-state index in [2.05, 4.69) is 36.5 Å². The summed E-state index contributed by atoms with van der Waals surface area (Å²) in [6, 6.07) is 14.0. The Labute approximate surface area is 108 Å². The molecule has 18 heavy (non-hydrogen) atoms. The van der Waals surface area contributed by atoms with Crippen LogP contribution in [0.4, 0.5) is 5.69 Å². The highest BCUT2D eigenvalue weighted by atomic mass is 16.3. The van der Waals surface area contributed by atoms with Gasteiger partial charge in [-0.25, -0.2) is 0 Å². The predicted octanol–water partition coefficient (Wildman–Crippen LogP) is 3.88. The summed E-state index contributed by atoms with van der Waals surface area (Å²) in [4.78, 5) is 0. The topological polar surface area (TPSA) is 32.3 Å². The molecule has 2 aromatic carbocycles. The predicted molar refractivity (Wildman–Crippen MR) is 76.0 cm³/mol. The molecule has 0 aliphatic carbocycles. The third kappa shape index (κ3) is 3.04. The fourth-order valence-corrected chi connectivity index (χ4v) is 1.94.